The van der Waals surface area contributed by atoms with Gasteiger partial charge in [-0.2, -0.15) is 0 Å². The third kappa shape index (κ3) is 4.53. The third-order valence-corrected chi connectivity index (χ3v) is 3.30. The van der Waals surface area contributed by atoms with Gasteiger partial charge in [-0.15, -0.1) is 0 Å². The molecule has 0 aliphatic heterocycles. The SMILES string of the molecule is Cc1c(N)cccc1C(=O)N(CCN(C)C)CC(C)C. The van der Waals surface area contributed by atoms with E-state index in [2.05, 4.69) is 18.7 Å². The van der Waals surface area contributed by atoms with Gasteiger partial charge < -0.3 is 15.5 Å². The summed E-state index contributed by atoms with van der Waals surface area (Å²) in [5.74, 6) is 0.521. The van der Waals surface area contributed by atoms with Gasteiger partial charge in [0.2, 0.25) is 0 Å². The molecule has 0 aromatic heterocycles. The Balaban J connectivity index is 2.94. The standard InChI is InChI=1S/C16H27N3O/c1-12(2)11-19(10-9-18(4)5)16(20)14-7-6-8-15(17)13(14)3/h6-8,12H,9-11,17H2,1-5H3. The van der Waals surface area contributed by atoms with Gasteiger partial charge in [-0.1, -0.05) is 19.9 Å². The first-order valence-corrected chi connectivity index (χ1v) is 7.12. The average Bonchev–Trinajstić information content (AvgIpc) is 2.36. The predicted molar refractivity (Wildman–Crippen MR) is 84.9 cm³/mol. The quantitative estimate of drug-likeness (QED) is 0.811. The molecule has 1 aromatic carbocycles. The van der Waals surface area contributed by atoms with Crippen LogP contribution >= 0.6 is 0 Å². The maximum absolute atomic E-state index is 12.7. The number of hydrogen-bond donors (Lipinski definition) is 1. The number of rotatable bonds is 6. The van der Waals surface area contributed by atoms with Crippen LogP contribution in [0.5, 0.6) is 0 Å². The third-order valence-electron chi connectivity index (χ3n) is 3.30. The van der Waals surface area contributed by atoms with E-state index in [1.54, 1.807) is 0 Å². The summed E-state index contributed by atoms with van der Waals surface area (Å²) in [6.45, 7) is 8.52. The Kier molecular flexibility index (Phi) is 6.02. The summed E-state index contributed by atoms with van der Waals surface area (Å²) in [6, 6.07) is 5.53. The molecule has 0 unspecified atom stereocenters. The minimum atomic E-state index is 0.0744. The van der Waals surface area contributed by atoms with Crippen molar-refractivity contribution >= 4 is 11.6 Å². The van der Waals surface area contributed by atoms with Crippen LogP contribution in [0.2, 0.25) is 0 Å². The van der Waals surface area contributed by atoms with Crippen molar-refractivity contribution < 1.29 is 4.79 Å². The number of carbonyl (C=O) groups excluding carboxylic acids is 1. The summed E-state index contributed by atoms with van der Waals surface area (Å²) >= 11 is 0. The summed E-state index contributed by atoms with van der Waals surface area (Å²) < 4.78 is 0. The highest BCUT2D eigenvalue weighted by Crippen LogP contribution is 2.18. The smallest absolute Gasteiger partial charge is 0.254 e. The molecule has 4 nitrogen and oxygen atoms in total. The van der Waals surface area contributed by atoms with E-state index in [4.69, 9.17) is 5.73 Å². The Hall–Kier alpha value is -1.55. The number of likely N-dealkylation sites (N-methyl/N-ethyl adjacent to an activating group) is 1. The number of amides is 1. The van der Waals surface area contributed by atoms with Crippen molar-refractivity contribution in [3.8, 4) is 0 Å². The maximum atomic E-state index is 12.7. The largest absolute Gasteiger partial charge is 0.398 e. The van der Waals surface area contributed by atoms with Crippen LogP contribution in [0.15, 0.2) is 18.2 Å². The molecule has 0 atom stereocenters. The molecular formula is C16H27N3O. The highest BCUT2D eigenvalue weighted by atomic mass is 16.2. The Morgan fingerprint density at radius 3 is 2.45 bits per heavy atom. The second kappa shape index (κ2) is 7.29. The molecule has 1 aromatic rings. The van der Waals surface area contributed by atoms with Gasteiger partial charge in [-0.05, 0) is 44.6 Å². The first-order valence-electron chi connectivity index (χ1n) is 7.12. The predicted octanol–water partition coefficient (Wildman–Crippen LogP) is 2.24. The van der Waals surface area contributed by atoms with E-state index in [-0.39, 0.29) is 5.91 Å². The fourth-order valence-electron chi connectivity index (χ4n) is 2.09. The minimum Gasteiger partial charge on any atom is -0.398 e. The number of carbonyl (C=O) groups is 1. The van der Waals surface area contributed by atoms with E-state index in [0.717, 1.165) is 25.2 Å². The molecule has 0 spiro atoms. The molecule has 4 heteroatoms. The molecule has 0 aliphatic carbocycles. The number of hydrogen-bond acceptors (Lipinski definition) is 3. The molecule has 0 aliphatic rings. The molecule has 0 bridgehead atoms. The summed E-state index contributed by atoms with van der Waals surface area (Å²) in [5, 5.41) is 0. The van der Waals surface area contributed by atoms with Gasteiger partial charge in [0, 0.05) is 30.9 Å². The lowest BCUT2D eigenvalue weighted by Gasteiger charge is -2.27. The molecule has 2 N–H and O–H groups in total. The van der Waals surface area contributed by atoms with Crippen molar-refractivity contribution in [2.75, 3.05) is 39.5 Å². The summed E-state index contributed by atoms with van der Waals surface area (Å²) in [6.07, 6.45) is 0. The topological polar surface area (TPSA) is 49.6 Å². The summed E-state index contributed by atoms with van der Waals surface area (Å²) in [4.78, 5) is 16.7. The Morgan fingerprint density at radius 1 is 1.25 bits per heavy atom. The number of nitrogen functional groups attached to an aromatic ring is 1. The first-order chi connectivity index (χ1) is 9.32. The van der Waals surface area contributed by atoms with Crippen molar-refractivity contribution in [2.45, 2.75) is 20.8 Å². The van der Waals surface area contributed by atoms with Gasteiger partial charge in [-0.25, -0.2) is 0 Å². The van der Waals surface area contributed by atoms with Crippen LogP contribution in [0.25, 0.3) is 0 Å². The highest BCUT2D eigenvalue weighted by Gasteiger charge is 2.19. The molecule has 1 amide bonds. The molecular weight excluding hydrogens is 250 g/mol. The molecule has 112 valence electrons. The normalized spacial score (nSPS) is 11.2. The number of anilines is 1. The fraction of sp³-hybridized carbons (Fsp3) is 0.562. The zero-order chi connectivity index (χ0) is 15.3. The number of benzene rings is 1. The monoisotopic (exact) mass is 277 g/mol. The molecule has 0 saturated carbocycles. The Morgan fingerprint density at radius 2 is 1.90 bits per heavy atom. The van der Waals surface area contributed by atoms with Gasteiger partial charge in [0.05, 0.1) is 0 Å². The maximum Gasteiger partial charge on any atom is 0.254 e. The lowest BCUT2D eigenvalue weighted by atomic mass is 10.0. The van der Waals surface area contributed by atoms with Crippen LogP contribution in [-0.2, 0) is 0 Å². The van der Waals surface area contributed by atoms with Gasteiger partial charge in [0.15, 0.2) is 0 Å². The zero-order valence-electron chi connectivity index (χ0n) is 13.3. The van der Waals surface area contributed by atoms with Gasteiger partial charge in [0.25, 0.3) is 5.91 Å². The van der Waals surface area contributed by atoms with E-state index in [1.807, 2.05) is 44.1 Å². The van der Waals surface area contributed by atoms with Crippen molar-refractivity contribution in [2.24, 2.45) is 5.92 Å². The molecule has 0 radical (unpaired) electrons. The van der Waals surface area contributed by atoms with Crippen molar-refractivity contribution in [3.63, 3.8) is 0 Å². The van der Waals surface area contributed by atoms with E-state index < -0.39 is 0 Å². The Bertz CT molecular complexity index is 455. The zero-order valence-corrected chi connectivity index (χ0v) is 13.3. The van der Waals surface area contributed by atoms with E-state index >= 15 is 0 Å². The van der Waals surface area contributed by atoms with E-state index in [0.29, 0.717) is 17.2 Å². The van der Waals surface area contributed by atoms with Gasteiger partial charge >= 0.3 is 0 Å². The first kappa shape index (κ1) is 16.5. The van der Waals surface area contributed by atoms with E-state index in [1.165, 1.54) is 0 Å². The average molecular weight is 277 g/mol. The Labute approximate surface area is 122 Å². The van der Waals surface area contributed by atoms with Crippen molar-refractivity contribution in [1.29, 1.82) is 0 Å². The van der Waals surface area contributed by atoms with Crippen molar-refractivity contribution in [3.05, 3.63) is 29.3 Å². The van der Waals surface area contributed by atoms with Crippen LogP contribution in [0.3, 0.4) is 0 Å². The van der Waals surface area contributed by atoms with Crippen LogP contribution in [0.4, 0.5) is 5.69 Å². The summed E-state index contributed by atoms with van der Waals surface area (Å²) in [7, 11) is 4.04. The molecule has 0 saturated heterocycles. The van der Waals surface area contributed by atoms with Crippen LogP contribution in [0, 0.1) is 12.8 Å². The van der Waals surface area contributed by atoms with Gasteiger partial charge in [0.1, 0.15) is 0 Å². The lowest BCUT2D eigenvalue weighted by Crippen LogP contribution is -2.39. The molecule has 1 rings (SSSR count). The summed E-state index contributed by atoms with van der Waals surface area (Å²) in [5.41, 5.74) is 8.16. The number of nitrogens with two attached hydrogens (primary N) is 1. The molecule has 0 heterocycles. The van der Waals surface area contributed by atoms with Crippen LogP contribution in [0.1, 0.15) is 29.8 Å². The minimum absolute atomic E-state index is 0.0744. The van der Waals surface area contributed by atoms with Crippen LogP contribution < -0.4 is 5.73 Å². The fourth-order valence-corrected chi connectivity index (χ4v) is 2.09. The van der Waals surface area contributed by atoms with E-state index in [9.17, 15) is 4.79 Å². The lowest BCUT2D eigenvalue weighted by molar-refractivity contribution is 0.0724. The molecule has 0 fully saturated rings. The van der Waals surface area contributed by atoms with Crippen molar-refractivity contribution in [1.82, 2.24) is 9.80 Å². The second-order valence-electron chi connectivity index (χ2n) is 5.97. The molecule has 20 heavy (non-hydrogen) atoms. The number of nitrogens with zero attached hydrogens (tertiary/aromatic N) is 2. The highest BCUT2D eigenvalue weighted by molar-refractivity contribution is 5.96. The van der Waals surface area contributed by atoms with Gasteiger partial charge in [-0.3, -0.25) is 4.79 Å². The second-order valence-corrected chi connectivity index (χ2v) is 5.97. The van der Waals surface area contributed by atoms with Crippen LogP contribution in [-0.4, -0.2) is 49.4 Å².